The first kappa shape index (κ1) is 17.0. The predicted molar refractivity (Wildman–Crippen MR) is 89.8 cm³/mol. The van der Waals surface area contributed by atoms with E-state index in [2.05, 4.69) is 20.7 Å². The summed E-state index contributed by atoms with van der Waals surface area (Å²) < 4.78 is 29.9. The molecule has 3 N–H and O–H groups in total. The summed E-state index contributed by atoms with van der Waals surface area (Å²) in [5.74, 6) is 0. The summed E-state index contributed by atoms with van der Waals surface area (Å²) in [7, 11) is -3.64. The lowest BCUT2D eigenvalue weighted by Gasteiger charge is -2.34. The first-order chi connectivity index (χ1) is 9.85. The number of nitrogens with zero attached hydrogens (tertiary/aromatic N) is 1. The minimum Gasteiger partial charge on any atom is -0.329 e. The van der Waals surface area contributed by atoms with E-state index in [0.717, 1.165) is 24.8 Å². The smallest absolute Gasteiger partial charge is 0.301 e. The number of piperidine rings is 1. The van der Waals surface area contributed by atoms with Crippen molar-refractivity contribution in [1.82, 2.24) is 4.31 Å². The SMILES string of the molecule is Cc1cc(Br)c(NS(=O)(=O)N2CCCCC2CN)cc1Cl. The molecule has 1 atom stereocenters. The van der Waals surface area contributed by atoms with Crippen molar-refractivity contribution >= 4 is 43.4 Å². The second kappa shape index (κ2) is 6.83. The molecule has 1 unspecified atom stereocenters. The predicted octanol–water partition coefficient (Wildman–Crippen LogP) is 2.88. The fourth-order valence-corrected chi connectivity index (χ4v) is 4.82. The molecule has 1 fully saturated rings. The van der Waals surface area contributed by atoms with Crippen LogP contribution in [0.3, 0.4) is 0 Å². The van der Waals surface area contributed by atoms with Crippen molar-refractivity contribution < 1.29 is 8.42 Å². The van der Waals surface area contributed by atoms with Crippen LogP contribution in [0, 0.1) is 6.92 Å². The molecule has 0 bridgehead atoms. The van der Waals surface area contributed by atoms with Crippen LogP contribution < -0.4 is 10.5 Å². The van der Waals surface area contributed by atoms with Gasteiger partial charge in [0.25, 0.3) is 0 Å². The maximum atomic E-state index is 12.6. The average Bonchev–Trinajstić information content (AvgIpc) is 2.44. The van der Waals surface area contributed by atoms with Crippen LogP contribution >= 0.6 is 27.5 Å². The van der Waals surface area contributed by atoms with Gasteiger partial charge >= 0.3 is 10.2 Å². The van der Waals surface area contributed by atoms with Gasteiger partial charge in [0.1, 0.15) is 0 Å². The summed E-state index contributed by atoms with van der Waals surface area (Å²) in [4.78, 5) is 0. The largest absolute Gasteiger partial charge is 0.329 e. The third-order valence-corrected chi connectivity index (χ3v) is 6.28. The number of rotatable bonds is 4. The van der Waals surface area contributed by atoms with E-state index in [1.165, 1.54) is 4.31 Å². The van der Waals surface area contributed by atoms with Gasteiger partial charge in [-0.15, -0.1) is 0 Å². The number of halogens is 2. The Morgan fingerprint density at radius 2 is 2.19 bits per heavy atom. The summed E-state index contributed by atoms with van der Waals surface area (Å²) in [6.07, 6.45) is 2.66. The maximum Gasteiger partial charge on any atom is 0.301 e. The van der Waals surface area contributed by atoms with Crippen LogP contribution in [0.15, 0.2) is 16.6 Å². The van der Waals surface area contributed by atoms with Crippen molar-refractivity contribution in [2.75, 3.05) is 17.8 Å². The molecule has 0 spiro atoms. The zero-order valence-corrected chi connectivity index (χ0v) is 14.9. The minimum atomic E-state index is -3.64. The molecule has 0 radical (unpaired) electrons. The lowest BCUT2D eigenvalue weighted by atomic mass is 10.1. The van der Waals surface area contributed by atoms with E-state index in [1.54, 1.807) is 12.1 Å². The average molecular weight is 397 g/mol. The Morgan fingerprint density at radius 3 is 2.86 bits per heavy atom. The van der Waals surface area contributed by atoms with Crippen LogP contribution in [0.2, 0.25) is 5.02 Å². The molecule has 8 heteroatoms. The molecular weight excluding hydrogens is 378 g/mol. The van der Waals surface area contributed by atoms with E-state index in [0.29, 0.717) is 28.3 Å². The van der Waals surface area contributed by atoms with Crippen LogP contribution in [0.5, 0.6) is 0 Å². The Bertz CT molecular complexity index is 624. The highest BCUT2D eigenvalue weighted by Gasteiger charge is 2.31. The number of anilines is 1. The first-order valence-corrected chi connectivity index (χ1v) is 9.41. The molecule has 1 heterocycles. The van der Waals surface area contributed by atoms with Crippen LogP contribution in [-0.2, 0) is 10.2 Å². The van der Waals surface area contributed by atoms with Crippen molar-refractivity contribution in [3.63, 3.8) is 0 Å². The van der Waals surface area contributed by atoms with E-state index < -0.39 is 10.2 Å². The van der Waals surface area contributed by atoms with E-state index in [9.17, 15) is 8.42 Å². The van der Waals surface area contributed by atoms with Gasteiger partial charge < -0.3 is 5.73 Å². The van der Waals surface area contributed by atoms with Gasteiger partial charge in [0.2, 0.25) is 0 Å². The summed E-state index contributed by atoms with van der Waals surface area (Å²) in [5, 5.41) is 0.518. The fourth-order valence-electron chi connectivity index (χ4n) is 2.45. The third kappa shape index (κ3) is 3.90. The fraction of sp³-hybridized carbons (Fsp3) is 0.538. The second-order valence-electron chi connectivity index (χ2n) is 5.18. The van der Waals surface area contributed by atoms with Gasteiger partial charge in [-0.1, -0.05) is 18.0 Å². The number of nitrogens with two attached hydrogens (primary N) is 1. The van der Waals surface area contributed by atoms with Crippen LogP contribution in [-0.4, -0.2) is 31.9 Å². The molecule has 1 aliphatic heterocycles. The summed E-state index contributed by atoms with van der Waals surface area (Å²) in [5.41, 5.74) is 7.01. The second-order valence-corrected chi connectivity index (χ2v) is 8.07. The van der Waals surface area contributed by atoms with E-state index >= 15 is 0 Å². The highest BCUT2D eigenvalue weighted by Crippen LogP contribution is 2.31. The van der Waals surface area contributed by atoms with E-state index in [4.69, 9.17) is 17.3 Å². The molecule has 0 aliphatic carbocycles. The number of aryl methyl sites for hydroxylation is 1. The van der Waals surface area contributed by atoms with Crippen molar-refractivity contribution in [1.29, 1.82) is 0 Å². The number of nitrogens with one attached hydrogen (secondary N) is 1. The Hall–Kier alpha value is -0.340. The van der Waals surface area contributed by atoms with Crippen LogP contribution in [0.25, 0.3) is 0 Å². The maximum absolute atomic E-state index is 12.6. The van der Waals surface area contributed by atoms with Gasteiger partial charge in [-0.05, 0) is 53.4 Å². The van der Waals surface area contributed by atoms with Gasteiger partial charge in [-0.2, -0.15) is 12.7 Å². The summed E-state index contributed by atoms with van der Waals surface area (Å²) in [6, 6.07) is 3.26. The van der Waals surface area contributed by atoms with Gasteiger partial charge in [0.05, 0.1) is 5.69 Å². The van der Waals surface area contributed by atoms with Gasteiger partial charge in [0, 0.05) is 28.6 Å². The highest BCUT2D eigenvalue weighted by atomic mass is 79.9. The molecule has 5 nitrogen and oxygen atoms in total. The quantitative estimate of drug-likeness (QED) is 0.821. The Labute approximate surface area is 139 Å². The molecule has 118 valence electrons. The van der Waals surface area contributed by atoms with Crippen molar-refractivity contribution in [3.05, 3.63) is 27.2 Å². The zero-order valence-electron chi connectivity index (χ0n) is 11.8. The molecule has 0 aromatic heterocycles. The molecular formula is C13H19BrClN3O2S. The number of hydrogen-bond acceptors (Lipinski definition) is 3. The Balaban J connectivity index is 2.26. The normalized spacial score (nSPS) is 20.5. The zero-order chi connectivity index (χ0) is 15.6. The van der Waals surface area contributed by atoms with Gasteiger partial charge in [-0.25, -0.2) is 0 Å². The van der Waals surface area contributed by atoms with Crippen molar-refractivity contribution in [2.45, 2.75) is 32.2 Å². The topological polar surface area (TPSA) is 75.4 Å². The highest BCUT2D eigenvalue weighted by molar-refractivity contribution is 9.10. The molecule has 1 aromatic rings. The molecule has 1 aliphatic rings. The lowest BCUT2D eigenvalue weighted by Crippen LogP contribution is -2.49. The van der Waals surface area contributed by atoms with Crippen LogP contribution in [0.1, 0.15) is 24.8 Å². The molecule has 1 aromatic carbocycles. The number of hydrogen-bond donors (Lipinski definition) is 2. The van der Waals surface area contributed by atoms with Crippen molar-refractivity contribution in [2.24, 2.45) is 5.73 Å². The van der Waals surface area contributed by atoms with Crippen LogP contribution in [0.4, 0.5) is 5.69 Å². The van der Waals surface area contributed by atoms with E-state index in [-0.39, 0.29) is 6.04 Å². The van der Waals surface area contributed by atoms with Gasteiger partial charge in [-0.3, -0.25) is 4.72 Å². The molecule has 0 amide bonds. The number of benzene rings is 1. The molecule has 0 saturated carbocycles. The summed E-state index contributed by atoms with van der Waals surface area (Å²) >= 11 is 9.43. The monoisotopic (exact) mass is 395 g/mol. The van der Waals surface area contributed by atoms with Crippen molar-refractivity contribution in [3.8, 4) is 0 Å². The Morgan fingerprint density at radius 1 is 1.48 bits per heavy atom. The first-order valence-electron chi connectivity index (χ1n) is 6.80. The summed E-state index contributed by atoms with van der Waals surface area (Å²) in [6.45, 7) is 2.69. The Kier molecular flexibility index (Phi) is 5.54. The minimum absolute atomic E-state index is 0.143. The third-order valence-electron chi connectivity index (χ3n) is 3.64. The van der Waals surface area contributed by atoms with E-state index in [1.807, 2.05) is 6.92 Å². The molecule has 1 saturated heterocycles. The standard InChI is InChI=1S/C13H19BrClN3O2S/c1-9-6-11(14)13(7-12(9)15)17-21(19,20)18-5-3-2-4-10(18)8-16/h6-7,10,17H,2-5,8,16H2,1H3. The molecule has 2 rings (SSSR count). The molecule has 21 heavy (non-hydrogen) atoms. The van der Waals surface area contributed by atoms with Gasteiger partial charge in [0.15, 0.2) is 0 Å². The lowest BCUT2D eigenvalue weighted by molar-refractivity contribution is 0.259.